The van der Waals surface area contributed by atoms with Gasteiger partial charge in [-0.2, -0.15) is 0 Å². The Labute approximate surface area is 134 Å². The SMILES string of the molecule is CCO[C@H](C)c1nccn1Cc1nc2ccccc2c(=O)n1C. The maximum atomic E-state index is 12.5. The average molecular weight is 312 g/mol. The minimum absolute atomic E-state index is 0.0369. The Morgan fingerprint density at radius 2 is 2.09 bits per heavy atom. The molecular weight excluding hydrogens is 292 g/mol. The van der Waals surface area contributed by atoms with Crippen molar-refractivity contribution in [3.8, 4) is 0 Å². The van der Waals surface area contributed by atoms with E-state index in [2.05, 4.69) is 9.97 Å². The van der Waals surface area contributed by atoms with Crippen molar-refractivity contribution in [1.29, 1.82) is 0 Å². The molecule has 0 aliphatic heterocycles. The van der Waals surface area contributed by atoms with Gasteiger partial charge in [0.05, 0.1) is 17.4 Å². The number of ether oxygens (including phenoxy) is 1. The molecular formula is C17H20N4O2. The van der Waals surface area contributed by atoms with Gasteiger partial charge in [0.1, 0.15) is 17.8 Å². The standard InChI is InChI=1S/C17H20N4O2/c1-4-23-12(2)16-18-9-10-21(16)11-15-19-14-8-6-5-7-13(14)17(22)20(15)3/h5-10,12H,4,11H2,1-3H3/t12-/m1/s1. The smallest absolute Gasteiger partial charge is 0.261 e. The summed E-state index contributed by atoms with van der Waals surface area (Å²) in [6, 6.07) is 7.40. The van der Waals surface area contributed by atoms with Crippen LogP contribution < -0.4 is 5.56 Å². The monoisotopic (exact) mass is 312 g/mol. The number of aromatic nitrogens is 4. The molecule has 0 fully saturated rings. The Balaban J connectivity index is 2.01. The van der Waals surface area contributed by atoms with Gasteiger partial charge in [0.15, 0.2) is 0 Å². The Morgan fingerprint density at radius 1 is 1.30 bits per heavy atom. The fourth-order valence-corrected chi connectivity index (χ4v) is 2.70. The van der Waals surface area contributed by atoms with Crippen molar-refractivity contribution in [2.75, 3.05) is 6.61 Å². The van der Waals surface area contributed by atoms with Crippen LogP contribution >= 0.6 is 0 Å². The molecule has 3 rings (SSSR count). The van der Waals surface area contributed by atoms with E-state index in [1.165, 1.54) is 0 Å². The summed E-state index contributed by atoms with van der Waals surface area (Å²) >= 11 is 0. The van der Waals surface area contributed by atoms with Crippen LogP contribution in [-0.4, -0.2) is 25.7 Å². The number of nitrogens with zero attached hydrogens (tertiary/aromatic N) is 4. The molecule has 1 aromatic carbocycles. The quantitative estimate of drug-likeness (QED) is 0.725. The van der Waals surface area contributed by atoms with Gasteiger partial charge in [0, 0.05) is 26.0 Å². The van der Waals surface area contributed by atoms with Crippen LogP contribution in [0.25, 0.3) is 10.9 Å². The highest BCUT2D eigenvalue weighted by Gasteiger charge is 2.14. The molecule has 23 heavy (non-hydrogen) atoms. The third-order valence-corrected chi connectivity index (χ3v) is 3.92. The van der Waals surface area contributed by atoms with Crippen molar-refractivity contribution in [3.63, 3.8) is 0 Å². The molecule has 3 aromatic rings. The number of imidazole rings is 1. The molecule has 0 spiro atoms. The Kier molecular flexibility index (Phi) is 4.25. The lowest BCUT2D eigenvalue weighted by Gasteiger charge is -2.15. The molecule has 0 amide bonds. The van der Waals surface area contributed by atoms with Crippen LogP contribution in [0.1, 0.15) is 31.6 Å². The first-order valence-electron chi connectivity index (χ1n) is 7.69. The molecule has 2 aromatic heterocycles. The summed E-state index contributed by atoms with van der Waals surface area (Å²) in [5.41, 5.74) is 0.676. The zero-order chi connectivity index (χ0) is 16.4. The number of fused-ring (bicyclic) bond motifs is 1. The van der Waals surface area contributed by atoms with Crippen molar-refractivity contribution in [1.82, 2.24) is 19.1 Å². The fraction of sp³-hybridized carbons (Fsp3) is 0.353. The molecule has 0 bridgehead atoms. The highest BCUT2D eigenvalue weighted by molar-refractivity contribution is 5.77. The number of benzene rings is 1. The van der Waals surface area contributed by atoms with E-state index in [4.69, 9.17) is 4.74 Å². The van der Waals surface area contributed by atoms with Crippen LogP contribution in [0.5, 0.6) is 0 Å². The summed E-state index contributed by atoms with van der Waals surface area (Å²) in [4.78, 5) is 21.5. The second kappa shape index (κ2) is 6.34. The van der Waals surface area contributed by atoms with Gasteiger partial charge < -0.3 is 9.30 Å². The van der Waals surface area contributed by atoms with E-state index in [-0.39, 0.29) is 11.7 Å². The summed E-state index contributed by atoms with van der Waals surface area (Å²) < 4.78 is 9.18. The molecule has 1 atom stereocenters. The fourth-order valence-electron chi connectivity index (χ4n) is 2.70. The van der Waals surface area contributed by atoms with Crippen molar-refractivity contribution in [2.24, 2.45) is 7.05 Å². The maximum Gasteiger partial charge on any atom is 0.261 e. The molecule has 6 nitrogen and oxygen atoms in total. The van der Waals surface area contributed by atoms with Gasteiger partial charge in [0.25, 0.3) is 5.56 Å². The molecule has 0 aliphatic carbocycles. The second-order valence-corrected chi connectivity index (χ2v) is 5.42. The van der Waals surface area contributed by atoms with Gasteiger partial charge in [-0.25, -0.2) is 9.97 Å². The van der Waals surface area contributed by atoms with Crippen LogP contribution in [0.4, 0.5) is 0 Å². The molecule has 6 heteroatoms. The summed E-state index contributed by atoms with van der Waals surface area (Å²) in [6.45, 7) is 5.03. The maximum absolute atomic E-state index is 12.5. The third-order valence-electron chi connectivity index (χ3n) is 3.92. The van der Waals surface area contributed by atoms with Crippen molar-refractivity contribution in [3.05, 3.63) is 58.7 Å². The zero-order valence-corrected chi connectivity index (χ0v) is 13.6. The van der Waals surface area contributed by atoms with Crippen LogP contribution in [-0.2, 0) is 18.3 Å². The number of para-hydroxylation sites is 1. The Morgan fingerprint density at radius 3 is 2.87 bits per heavy atom. The summed E-state index contributed by atoms with van der Waals surface area (Å²) in [5.74, 6) is 1.52. The molecule has 0 radical (unpaired) electrons. The minimum atomic E-state index is -0.104. The third kappa shape index (κ3) is 2.90. The number of hydrogen-bond donors (Lipinski definition) is 0. The van der Waals surface area contributed by atoms with Gasteiger partial charge in [0.2, 0.25) is 0 Å². The zero-order valence-electron chi connectivity index (χ0n) is 13.6. The minimum Gasteiger partial charge on any atom is -0.371 e. The molecule has 0 aliphatic rings. The van der Waals surface area contributed by atoms with Crippen LogP contribution in [0.15, 0.2) is 41.5 Å². The van der Waals surface area contributed by atoms with Crippen molar-refractivity contribution in [2.45, 2.75) is 26.5 Å². The van der Waals surface area contributed by atoms with E-state index in [0.717, 1.165) is 5.82 Å². The van der Waals surface area contributed by atoms with Crippen molar-refractivity contribution >= 4 is 10.9 Å². The van der Waals surface area contributed by atoms with Crippen LogP contribution in [0, 0.1) is 0 Å². The van der Waals surface area contributed by atoms with E-state index in [0.29, 0.717) is 29.9 Å². The van der Waals surface area contributed by atoms with E-state index in [9.17, 15) is 4.79 Å². The molecule has 2 heterocycles. The summed E-state index contributed by atoms with van der Waals surface area (Å²) in [6.07, 6.45) is 3.52. The van der Waals surface area contributed by atoms with Crippen molar-refractivity contribution < 1.29 is 4.74 Å². The van der Waals surface area contributed by atoms with Gasteiger partial charge >= 0.3 is 0 Å². The second-order valence-electron chi connectivity index (χ2n) is 5.42. The Hall–Kier alpha value is -2.47. The molecule has 120 valence electrons. The van der Waals surface area contributed by atoms with E-state index < -0.39 is 0 Å². The highest BCUT2D eigenvalue weighted by atomic mass is 16.5. The lowest BCUT2D eigenvalue weighted by atomic mass is 10.2. The largest absolute Gasteiger partial charge is 0.371 e. The lowest BCUT2D eigenvalue weighted by molar-refractivity contribution is 0.0676. The van der Waals surface area contributed by atoms with E-state index in [1.807, 2.05) is 42.8 Å². The predicted octanol–water partition coefficient (Wildman–Crippen LogP) is 2.28. The van der Waals surface area contributed by atoms with Gasteiger partial charge in [-0.05, 0) is 26.0 Å². The van der Waals surface area contributed by atoms with Crippen LogP contribution in [0.2, 0.25) is 0 Å². The lowest BCUT2D eigenvalue weighted by Crippen LogP contribution is -2.24. The Bertz CT molecular complexity index is 882. The predicted molar refractivity (Wildman–Crippen MR) is 88.4 cm³/mol. The molecule has 0 unspecified atom stereocenters. The van der Waals surface area contributed by atoms with Gasteiger partial charge in [-0.1, -0.05) is 12.1 Å². The first-order valence-corrected chi connectivity index (χ1v) is 7.69. The van der Waals surface area contributed by atoms with E-state index >= 15 is 0 Å². The topological polar surface area (TPSA) is 61.9 Å². The average Bonchev–Trinajstić information content (AvgIpc) is 3.01. The van der Waals surface area contributed by atoms with Crippen LogP contribution in [0.3, 0.4) is 0 Å². The normalized spacial score (nSPS) is 12.7. The van der Waals surface area contributed by atoms with E-state index in [1.54, 1.807) is 23.9 Å². The highest BCUT2D eigenvalue weighted by Crippen LogP contribution is 2.16. The first-order chi connectivity index (χ1) is 11.1. The summed E-state index contributed by atoms with van der Waals surface area (Å²) in [5, 5.41) is 0.632. The number of hydrogen-bond acceptors (Lipinski definition) is 4. The summed E-state index contributed by atoms with van der Waals surface area (Å²) in [7, 11) is 1.75. The molecule has 0 saturated heterocycles. The first kappa shape index (κ1) is 15.4. The number of rotatable bonds is 5. The molecule has 0 N–H and O–H groups in total. The molecule has 0 saturated carbocycles. The van der Waals surface area contributed by atoms with Gasteiger partial charge in [-0.3, -0.25) is 9.36 Å². The van der Waals surface area contributed by atoms with Gasteiger partial charge in [-0.15, -0.1) is 0 Å².